The maximum Gasteiger partial charge on any atom is 0.262 e. The second-order valence-electron chi connectivity index (χ2n) is 5.10. The number of carbonyl (C=O) groups is 1. The van der Waals surface area contributed by atoms with E-state index in [1.165, 1.54) is 0 Å². The Morgan fingerprint density at radius 1 is 1.45 bits per heavy atom. The number of amides is 1. The molecule has 2 rings (SSSR count). The van der Waals surface area contributed by atoms with Crippen molar-refractivity contribution in [3.63, 3.8) is 0 Å². The summed E-state index contributed by atoms with van der Waals surface area (Å²) in [6.45, 7) is 2.07. The average Bonchev–Trinajstić information content (AvgIpc) is 3.06. The molecule has 0 radical (unpaired) electrons. The summed E-state index contributed by atoms with van der Waals surface area (Å²) in [6, 6.07) is 11.7. The molecule has 1 aromatic carbocycles. The number of hydrogen-bond acceptors (Lipinski definition) is 3. The van der Waals surface area contributed by atoms with Crippen LogP contribution in [0.2, 0.25) is 0 Å². The van der Waals surface area contributed by atoms with Gasteiger partial charge in [-0.2, -0.15) is 5.26 Å². The van der Waals surface area contributed by atoms with E-state index >= 15 is 0 Å². The molecule has 1 aliphatic heterocycles. The Morgan fingerprint density at radius 3 is 2.82 bits per heavy atom. The Hall–Kier alpha value is -2.67. The highest BCUT2D eigenvalue weighted by Gasteiger charge is 2.17. The highest BCUT2D eigenvalue weighted by Crippen LogP contribution is 2.18. The molecule has 0 fully saturated rings. The van der Waals surface area contributed by atoms with E-state index in [2.05, 4.69) is 17.2 Å². The normalized spacial score (nSPS) is 15.1. The van der Waals surface area contributed by atoms with Crippen molar-refractivity contribution in [3.05, 3.63) is 59.8 Å². The predicted octanol–water partition coefficient (Wildman–Crippen LogP) is 3.45. The predicted molar refractivity (Wildman–Crippen MR) is 87.1 cm³/mol. The molecular formula is C18H19N3O. The zero-order valence-corrected chi connectivity index (χ0v) is 12.6. The molecule has 1 N–H and O–H groups in total. The number of allylic oxidation sites excluding steroid dienone is 2. The van der Waals surface area contributed by atoms with Gasteiger partial charge < -0.3 is 5.32 Å². The van der Waals surface area contributed by atoms with Crippen LogP contribution >= 0.6 is 0 Å². The maximum atomic E-state index is 12.3. The summed E-state index contributed by atoms with van der Waals surface area (Å²) in [5, 5.41) is 12.2. The number of carbonyl (C=O) groups excluding carboxylic acids is 1. The van der Waals surface area contributed by atoms with Crippen LogP contribution in [0.4, 0.5) is 0 Å². The molecule has 0 saturated carbocycles. The quantitative estimate of drug-likeness (QED) is 0.645. The smallest absolute Gasteiger partial charge is 0.262 e. The Bertz CT molecular complexity index is 651. The molecule has 0 saturated heterocycles. The second-order valence-corrected chi connectivity index (χ2v) is 5.10. The van der Waals surface area contributed by atoms with Gasteiger partial charge in [0.15, 0.2) is 0 Å². The fourth-order valence-electron chi connectivity index (χ4n) is 2.32. The van der Waals surface area contributed by atoms with E-state index in [4.69, 9.17) is 0 Å². The highest BCUT2D eigenvalue weighted by atomic mass is 16.1. The summed E-state index contributed by atoms with van der Waals surface area (Å²) < 4.78 is 0. The van der Waals surface area contributed by atoms with E-state index in [0.29, 0.717) is 6.42 Å². The summed E-state index contributed by atoms with van der Waals surface area (Å²) in [5.41, 5.74) is 1.88. The zero-order valence-electron chi connectivity index (χ0n) is 12.6. The minimum atomic E-state index is -0.348. The molecule has 4 heteroatoms. The Kier molecular flexibility index (Phi) is 5.67. The van der Waals surface area contributed by atoms with Crippen molar-refractivity contribution in [2.45, 2.75) is 32.2 Å². The topological polar surface area (TPSA) is 65.2 Å². The average molecular weight is 293 g/mol. The molecule has 4 nitrogen and oxygen atoms in total. The SMILES string of the molecule is CCC[C@H](NC(=O)/C(C#N)=C/C1=NC=CC1)c1ccccc1. The number of aliphatic imine (C=N–C) groups is 1. The van der Waals surface area contributed by atoms with Gasteiger partial charge in [-0.1, -0.05) is 49.8 Å². The van der Waals surface area contributed by atoms with Gasteiger partial charge in [-0.15, -0.1) is 0 Å². The molecule has 112 valence electrons. The fourth-order valence-corrected chi connectivity index (χ4v) is 2.32. The maximum absolute atomic E-state index is 12.3. The number of rotatable bonds is 6. The first-order chi connectivity index (χ1) is 10.7. The Labute approximate surface area is 130 Å². The van der Waals surface area contributed by atoms with Gasteiger partial charge in [0, 0.05) is 18.3 Å². The molecule has 0 unspecified atom stereocenters. The molecule has 1 amide bonds. The largest absolute Gasteiger partial charge is 0.345 e. The van der Waals surface area contributed by atoms with Gasteiger partial charge in [0.25, 0.3) is 5.91 Å². The fraction of sp³-hybridized carbons (Fsp3) is 0.278. The minimum Gasteiger partial charge on any atom is -0.345 e. The lowest BCUT2D eigenvalue weighted by Gasteiger charge is -2.18. The third-order valence-electron chi connectivity index (χ3n) is 3.43. The van der Waals surface area contributed by atoms with Crippen molar-refractivity contribution in [1.29, 1.82) is 5.26 Å². The number of benzene rings is 1. The van der Waals surface area contributed by atoms with Gasteiger partial charge in [-0.05, 0) is 18.1 Å². The second kappa shape index (κ2) is 7.94. The Morgan fingerprint density at radius 2 is 2.23 bits per heavy atom. The molecule has 0 aromatic heterocycles. The van der Waals surface area contributed by atoms with Crippen LogP contribution < -0.4 is 5.32 Å². The lowest BCUT2D eigenvalue weighted by molar-refractivity contribution is -0.117. The summed E-state index contributed by atoms with van der Waals surface area (Å²) in [6.07, 6.45) is 7.57. The van der Waals surface area contributed by atoms with Gasteiger partial charge >= 0.3 is 0 Å². The Balaban J connectivity index is 2.12. The van der Waals surface area contributed by atoms with Crippen LogP contribution in [-0.4, -0.2) is 11.6 Å². The van der Waals surface area contributed by atoms with E-state index in [1.807, 2.05) is 42.5 Å². The van der Waals surface area contributed by atoms with Crippen LogP contribution in [0.3, 0.4) is 0 Å². The van der Waals surface area contributed by atoms with Gasteiger partial charge in [0.05, 0.1) is 6.04 Å². The van der Waals surface area contributed by atoms with E-state index in [9.17, 15) is 10.1 Å². The molecule has 1 atom stereocenters. The molecule has 22 heavy (non-hydrogen) atoms. The first-order valence-electron chi connectivity index (χ1n) is 7.44. The summed E-state index contributed by atoms with van der Waals surface area (Å²) in [5.74, 6) is -0.348. The third kappa shape index (κ3) is 4.16. The molecule has 1 aromatic rings. The zero-order chi connectivity index (χ0) is 15.8. The van der Waals surface area contributed by atoms with Crippen molar-refractivity contribution in [2.24, 2.45) is 4.99 Å². The van der Waals surface area contributed by atoms with Gasteiger partial charge in [-0.3, -0.25) is 9.79 Å². The summed E-state index contributed by atoms with van der Waals surface area (Å²) in [4.78, 5) is 16.5. The van der Waals surface area contributed by atoms with Crippen LogP contribution in [0.1, 0.15) is 37.8 Å². The van der Waals surface area contributed by atoms with E-state index in [0.717, 1.165) is 24.1 Å². The van der Waals surface area contributed by atoms with Crippen molar-refractivity contribution < 1.29 is 4.79 Å². The van der Waals surface area contributed by atoms with Gasteiger partial charge in [0.1, 0.15) is 11.6 Å². The van der Waals surface area contributed by atoms with Crippen molar-refractivity contribution >= 4 is 11.6 Å². The van der Waals surface area contributed by atoms with E-state index in [-0.39, 0.29) is 17.5 Å². The van der Waals surface area contributed by atoms with Crippen molar-refractivity contribution in [1.82, 2.24) is 5.32 Å². The highest BCUT2D eigenvalue weighted by molar-refractivity contribution is 6.07. The van der Waals surface area contributed by atoms with Gasteiger partial charge in [0.2, 0.25) is 0 Å². The molecular weight excluding hydrogens is 274 g/mol. The van der Waals surface area contributed by atoms with Crippen LogP contribution in [0.5, 0.6) is 0 Å². The standard InChI is InChI=1S/C18H19N3O/c1-2-7-17(14-8-4-3-5-9-14)21-18(22)15(13-19)12-16-10-6-11-20-16/h3-6,8-9,11-12,17H,2,7,10H2,1H3,(H,21,22)/b15-12+/t17-/m0/s1. The molecule has 0 bridgehead atoms. The summed E-state index contributed by atoms with van der Waals surface area (Å²) in [7, 11) is 0. The van der Waals surface area contributed by atoms with Crippen LogP contribution in [0, 0.1) is 11.3 Å². The van der Waals surface area contributed by atoms with Gasteiger partial charge in [-0.25, -0.2) is 0 Å². The van der Waals surface area contributed by atoms with Crippen LogP contribution in [0.25, 0.3) is 0 Å². The van der Waals surface area contributed by atoms with Crippen molar-refractivity contribution in [3.8, 4) is 6.07 Å². The first-order valence-corrected chi connectivity index (χ1v) is 7.44. The lowest BCUT2D eigenvalue weighted by Crippen LogP contribution is -2.29. The third-order valence-corrected chi connectivity index (χ3v) is 3.43. The monoisotopic (exact) mass is 293 g/mol. The molecule has 0 spiro atoms. The van der Waals surface area contributed by atoms with Crippen LogP contribution in [0.15, 0.2) is 59.2 Å². The minimum absolute atomic E-state index is 0.0842. The van der Waals surface area contributed by atoms with Crippen molar-refractivity contribution in [2.75, 3.05) is 0 Å². The molecule has 0 aliphatic carbocycles. The molecule has 1 aliphatic rings. The number of nitriles is 1. The number of hydrogen-bond donors (Lipinski definition) is 1. The lowest BCUT2D eigenvalue weighted by atomic mass is 10.0. The number of nitrogens with one attached hydrogen (secondary N) is 1. The van der Waals surface area contributed by atoms with E-state index < -0.39 is 0 Å². The first kappa shape index (κ1) is 15.7. The molecule has 1 heterocycles. The number of nitrogens with zero attached hydrogens (tertiary/aromatic N) is 2. The van der Waals surface area contributed by atoms with Crippen LogP contribution in [-0.2, 0) is 4.79 Å². The summed E-state index contributed by atoms with van der Waals surface area (Å²) >= 11 is 0. The van der Waals surface area contributed by atoms with E-state index in [1.54, 1.807) is 12.3 Å².